The van der Waals surface area contributed by atoms with Crippen molar-refractivity contribution >= 4 is 31.6 Å². The van der Waals surface area contributed by atoms with Gasteiger partial charge in [0.25, 0.3) is 0 Å². The van der Waals surface area contributed by atoms with Crippen LogP contribution in [0.3, 0.4) is 0 Å². The van der Waals surface area contributed by atoms with Gasteiger partial charge in [-0.15, -0.1) is 0 Å². The zero-order valence-corrected chi connectivity index (χ0v) is 10.7. The van der Waals surface area contributed by atoms with Crippen molar-refractivity contribution in [2.75, 3.05) is 17.0 Å². The van der Waals surface area contributed by atoms with Crippen molar-refractivity contribution in [3.63, 3.8) is 0 Å². The lowest BCUT2D eigenvalue weighted by Gasteiger charge is -2.08. The molecule has 1 rings (SSSR count). The number of aryl methyl sites for hydroxylation is 1. The second-order valence-electron chi connectivity index (χ2n) is 3.17. The highest BCUT2D eigenvalue weighted by atomic mass is 79.9. The van der Waals surface area contributed by atoms with E-state index in [1.807, 2.05) is 13.0 Å². The third kappa shape index (κ3) is 3.81. The molecule has 0 spiro atoms. The number of anilines is 1. The van der Waals surface area contributed by atoms with Gasteiger partial charge in [0, 0.05) is 16.7 Å². The van der Waals surface area contributed by atoms with E-state index in [1.54, 1.807) is 12.1 Å². The van der Waals surface area contributed by atoms with Gasteiger partial charge in [0.15, 0.2) is 0 Å². The summed E-state index contributed by atoms with van der Waals surface area (Å²) in [6.07, 6.45) is 0. The lowest BCUT2D eigenvalue weighted by Crippen LogP contribution is -2.22. The van der Waals surface area contributed by atoms with Crippen LogP contribution in [0.25, 0.3) is 0 Å². The van der Waals surface area contributed by atoms with Crippen molar-refractivity contribution in [3.8, 4) is 0 Å². The number of rotatable bonds is 4. The summed E-state index contributed by atoms with van der Waals surface area (Å²) < 4.78 is 26.1. The predicted molar refractivity (Wildman–Crippen MR) is 65.3 cm³/mol. The van der Waals surface area contributed by atoms with E-state index in [0.29, 0.717) is 5.69 Å². The van der Waals surface area contributed by atoms with Gasteiger partial charge in [0.1, 0.15) is 0 Å². The Kier molecular flexibility index (Phi) is 4.12. The van der Waals surface area contributed by atoms with Crippen molar-refractivity contribution < 1.29 is 8.42 Å². The largest absolute Gasteiger partial charge is 0.329 e. The fourth-order valence-corrected chi connectivity index (χ4v) is 2.32. The van der Waals surface area contributed by atoms with Crippen LogP contribution >= 0.6 is 15.9 Å². The second-order valence-corrected chi connectivity index (χ2v) is 5.87. The molecule has 4 nitrogen and oxygen atoms in total. The maximum absolute atomic E-state index is 11.4. The summed E-state index contributed by atoms with van der Waals surface area (Å²) in [5, 5.41) is 0. The fraction of sp³-hybridized carbons (Fsp3) is 0.333. The van der Waals surface area contributed by atoms with Gasteiger partial charge in [0.05, 0.1) is 5.75 Å². The van der Waals surface area contributed by atoms with E-state index in [2.05, 4.69) is 20.7 Å². The van der Waals surface area contributed by atoms with Crippen LogP contribution in [0.15, 0.2) is 22.7 Å². The molecule has 1 aromatic rings. The van der Waals surface area contributed by atoms with Crippen LogP contribution in [0.1, 0.15) is 5.56 Å². The van der Waals surface area contributed by atoms with E-state index in [-0.39, 0.29) is 12.3 Å². The molecule has 0 atom stereocenters. The Bertz CT molecular complexity index is 445. The van der Waals surface area contributed by atoms with Crippen LogP contribution < -0.4 is 10.5 Å². The van der Waals surface area contributed by atoms with Crippen molar-refractivity contribution in [1.82, 2.24) is 0 Å². The molecule has 0 amide bonds. The number of benzene rings is 1. The highest BCUT2D eigenvalue weighted by Crippen LogP contribution is 2.21. The minimum Gasteiger partial charge on any atom is -0.329 e. The lowest BCUT2D eigenvalue weighted by molar-refractivity contribution is 0.601. The quantitative estimate of drug-likeness (QED) is 0.882. The molecular formula is C9H13BrN2O2S. The first-order chi connectivity index (χ1) is 6.94. The van der Waals surface area contributed by atoms with Crippen LogP contribution in [0.5, 0.6) is 0 Å². The molecule has 84 valence electrons. The second kappa shape index (κ2) is 4.96. The molecule has 0 saturated carbocycles. The molecule has 0 unspecified atom stereocenters. The normalized spacial score (nSPS) is 11.4. The standard InChI is InChI=1S/C9H13BrN2O2S/c1-7-2-3-8(6-9(7)10)12-15(13,14)5-4-11/h2-3,6,12H,4-5,11H2,1H3. The molecule has 0 aliphatic carbocycles. The molecule has 0 bridgehead atoms. The molecule has 3 N–H and O–H groups in total. The van der Waals surface area contributed by atoms with E-state index in [1.165, 1.54) is 0 Å². The van der Waals surface area contributed by atoms with Crippen molar-refractivity contribution in [1.29, 1.82) is 0 Å². The van der Waals surface area contributed by atoms with E-state index in [9.17, 15) is 8.42 Å². The summed E-state index contributed by atoms with van der Waals surface area (Å²) >= 11 is 3.33. The number of halogens is 1. The Morgan fingerprint density at radius 2 is 2.13 bits per heavy atom. The Morgan fingerprint density at radius 1 is 1.47 bits per heavy atom. The van der Waals surface area contributed by atoms with Gasteiger partial charge in [0.2, 0.25) is 10.0 Å². The monoisotopic (exact) mass is 292 g/mol. The topological polar surface area (TPSA) is 72.2 Å². The molecule has 0 aromatic heterocycles. The van der Waals surface area contributed by atoms with Crippen LogP contribution in [0, 0.1) is 6.92 Å². The number of hydrogen-bond acceptors (Lipinski definition) is 3. The van der Waals surface area contributed by atoms with Crippen LogP contribution in [-0.4, -0.2) is 20.7 Å². The molecule has 15 heavy (non-hydrogen) atoms. The first-order valence-electron chi connectivity index (χ1n) is 4.41. The number of nitrogens with one attached hydrogen (secondary N) is 1. The van der Waals surface area contributed by atoms with E-state index in [0.717, 1.165) is 10.0 Å². The zero-order chi connectivity index (χ0) is 11.5. The molecule has 0 aliphatic rings. The summed E-state index contributed by atoms with van der Waals surface area (Å²) in [7, 11) is -3.31. The van der Waals surface area contributed by atoms with Gasteiger partial charge < -0.3 is 5.73 Å². The van der Waals surface area contributed by atoms with Crippen LogP contribution in [-0.2, 0) is 10.0 Å². The minimum absolute atomic E-state index is 0.0709. The van der Waals surface area contributed by atoms with Crippen molar-refractivity contribution in [2.45, 2.75) is 6.92 Å². The van der Waals surface area contributed by atoms with Crippen molar-refractivity contribution in [2.24, 2.45) is 5.73 Å². The Hall–Kier alpha value is -0.590. The van der Waals surface area contributed by atoms with Crippen LogP contribution in [0.2, 0.25) is 0 Å². The van der Waals surface area contributed by atoms with E-state index in [4.69, 9.17) is 5.73 Å². The third-order valence-electron chi connectivity index (χ3n) is 1.83. The van der Waals surface area contributed by atoms with Crippen molar-refractivity contribution in [3.05, 3.63) is 28.2 Å². The highest BCUT2D eigenvalue weighted by Gasteiger charge is 2.09. The van der Waals surface area contributed by atoms with Gasteiger partial charge in [-0.05, 0) is 24.6 Å². The maximum atomic E-state index is 11.4. The summed E-state index contributed by atoms with van der Waals surface area (Å²) in [5.41, 5.74) is 6.79. The first kappa shape index (κ1) is 12.5. The number of sulfonamides is 1. The number of nitrogens with two attached hydrogens (primary N) is 1. The fourth-order valence-electron chi connectivity index (χ4n) is 1.04. The average molecular weight is 293 g/mol. The summed E-state index contributed by atoms with van der Waals surface area (Å²) in [5.74, 6) is -0.0709. The SMILES string of the molecule is Cc1ccc(NS(=O)(=O)CCN)cc1Br. The summed E-state index contributed by atoms with van der Waals surface area (Å²) in [4.78, 5) is 0. The molecule has 1 aromatic carbocycles. The third-order valence-corrected chi connectivity index (χ3v) is 4.01. The molecule has 0 aliphatic heterocycles. The average Bonchev–Trinajstić information content (AvgIpc) is 2.10. The molecule has 0 radical (unpaired) electrons. The Morgan fingerprint density at radius 3 is 2.67 bits per heavy atom. The van der Waals surface area contributed by atoms with Gasteiger partial charge in [-0.1, -0.05) is 22.0 Å². The molecule has 0 saturated heterocycles. The van der Waals surface area contributed by atoms with E-state index >= 15 is 0 Å². The lowest BCUT2D eigenvalue weighted by atomic mass is 10.2. The first-order valence-corrected chi connectivity index (χ1v) is 6.86. The Labute approximate surface area is 98.0 Å². The maximum Gasteiger partial charge on any atom is 0.233 e. The molecule has 0 fully saturated rings. The molecule has 6 heteroatoms. The van der Waals surface area contributed by atoms with Gasteiger partial charge in [-0.2, -0.15) is 0 Å². The van der Waals surface area contributed by atoms with E-state index < -0.39 is 10.0 Å². The molecule has 0 heterocycles. The minimum atomic E-state index is -3.31. The van der Waals surface area contributed by atoms with Crippen LogP contribution in [0.4, 0.5) is 5.69 Å². The highest BCUT2D eigenvalue weighted by molar-refractivity contribution is 9.10. The molecular weight excluding hydrogens is 280 g/mol. The Balaban J connectivity index is 2.86. The van der Waals surface area contributed by atoms with Gasteiger partial charge in [-0.25, -0.2) is 8.42 Å². The summed E-state index contributed by atoms with van der Waals surface area (Å²) in [6, 6.07) is 5.28. The predicted octanol–water partition coefficient (Wildman–Crippen LogP) is 1.46. The number of hydrogen-bond donors (Lipinski definition) is 2. The van der Waals surface area contributed by atoms with Gasteiger partial charge in [-0.3, -0.25) is 4.72 Å². The summed E-state index contributed by atoms with van der Waals surface area (Å²) in [6.45, 7) is 2.05. The zero-order valence-electron chi connectivity index (χ0n) is 8.33. The smallest absolute Gasteiger partial charge is 0.233 e. The van der Waals surface area contributed by atoms with Gasteiger partial charge >= 0.3 is 0 Å².